The predicted molar refractivity (Wildman–Crippen MR) is 145 cm³/mol. The first-order valence-corrected chi connectivity index (χ1v) is 14.0. The van der Waals surface area contributed by atoms with Gasteiger partial charge in [0.25, 0.3) is 15.9 Å². The summed E-state index contributed by atoms with van der Waals surface area (Å²) in [5.41, 5.74) is 0.791. The first kappa shape index (κ1) is 26.1. The van der Waals surface area contributed by atoms with E-state index >= 15 is 0 Å². The van der Waals surface area contributed by atoms with Crippen molar-refractivity contribution in [1.29, 1.82) is 0 Å². The molecule has 1 fully saturated rings. The molecule has 1 aliphatic carbocycles. The summed E-state index contributed by atoms with van der Waals surface area (Å²) in [7, 11) is -4.01. The molecule has 0 atom stereocenters. The Morgan fingerprint density at radius 2 is 1.76 bits per heavy atom. The van der Waals surface area contributed by atoms with Crippen molar-refractivity contribution in [3.63, 3.8) is 0 Å². The highest BCUT2D eigenvalue weighted by Crippen LogP contribution is 2.37. The van der Waals surface area contributed by atoms with Crippen LogP contribution in [0.3, 0.4) is 0 Å². The molecule has 1 amide bonds. The SMILES string of the molecule is O=C(c1ccc(NS(=O)(=O)C2=CCC=Cc3nc(F)ccc32)cc1)N1CCC(O)(c2ccccc2Cl)CC1. The molecule has 2 heterocycles. The van der Waals surface area contributed by atoms with Gasteiger partial charge in [0.1, 0.15) is 0 Å². The minimum atomic E-state index is -4.01. The number of allylic oxidation sites excluding steroid dienone is 2. The van der Waals surface area contributed by atoms with Gasteiger partial charge in [0.2, 0.25) is 5.95 Å². The van der Waals surface area contributed by atoms with Gasteiger partial charge in [-0.25, -0.2) is 13.4 Å². The Kier molecular flexibility index (Phi) is 7.09. The second-order valence-electron chi connectivity index (χ2n) is 9.26. The van der Waals surface area contributed by atoms with Gasteiger partial charge < -0.3 is 10.0 Å². The number of rotatable bonds is 5. The molecule has 2 N–H and O–H groups in total. The highest BCUT2D eigenvalue weighted by Gasteiger charge is 2.37. The zero-order valence-corrected chi connectivity index (χ0v) is 21.8. The van der Waals surface area contributed by atoms with Crippen LogP contribution in [0.5, 0.6) is 0 Å². The number of anilines is 1. The third-order valence-corrected chi connectivity index (χ3v) is 8.60. The average molecular weight is 554 g/mol. The fraction of sp³-hybridized carbons (Fsp3) is 0.214. The summed E-state index contributed by atoms with van der Waals surface area (Å²) >= 11 is 6.28. The maximum absolute atomic E-state index is 13.6. The molecule has 0 unspecified atom stereocenters. The molecule has 2 aliphatic rings. The molecular formula is C28H25ClFN3O4S. The molecule has 2 aromatic carbocycles. The van der Waals surface area contributed by atoms with E-state index in [4.69, 9.17) is 11.6 Å². The van der Waals surface area contributed by atoms with Crippen LogP contribution in [0.2, 0.25) is 5.02 Å². The molecule has 196 valence electrons. The summed E-state index contributed by atoms with van der Waals surface area (Å²) in [4.78, 5) is 18.6. The number of nitrogens with zero attached hydrogens (tertiary/aromatic N) is 2. The molecule has 7 nitrogen and oxygen atoms in total. The number of likely N-dealkylation sites (tertiary alicyclic amines) is 1. The molecule has 1 saturated heterocycles. The standard InChI is InChI=1S/C28H25ClFN3O4S/c29-23-6-2-1-5-22(23)28(35)15-17-33(18-16-28)27(34)19-9-11-20(12-10-19)32-38(36,37)25-8-4-3-7-24-21(25)13-14-26(30)31-24/h1-3,5-14,32,35H,4,15-18H2. The van der Waals surface area contributed by atoms with Crippen molar-refractivity contribution in [3.05, 3.63) is 106 Å². The molecule has 10 heteroatoms. The van der Waals surface area contributed by atoms with Crippen molar-refractivity contribution < 1.29 is 22.7 Å². The van der Waals surface area contributed by atoms with Gasteiger partial charge in [-0.1, -0.05) is 42.0 Å². The number of fused-ring (bicyclic) bond motifs is 1. The third kappa shape index (κ3) is 5.22. The van der Waals surface area contributed by atoms with Gasteiger partial charge in [-0.15, -0.1) is 0 Å². The summed E-state index contributed by atoms with van der Waals surface area (Å²) in [6.45, 7) is 0.705. The van der Waals surface area contributed by atoms with Gasteiger partial charge >= 0.3 is 0 Å². The number of halogens is 2. The molecule has 5 rings (SSSR count). The molecular weight excluding hydrogens is 529 g/mol. The number of carbonyl (C=O) groups is 1. The van der Waals surface area contributed by atoms with E-state index in [2.05, 4.69) is 9.71 Å². The molecule has 0 bridgehead atoms. The Labute approximate surface area is 225 Å². The van der Waals surface area contributed by atoms with Gasteiger partial charge in [0, 0.05) is 40.5 Å². The number of nitrogens with one attached hydrogen (secondary N) is 1. The highest BCUT2D eigenvalue weighted by atomic mass is 35.5. The van der Waals surface area contributed by atoms with Crippen molar-refractivity contribution in [2.75, 3.05) is 17.8 Å². The van der Waals surface area contributed by atoms with Crippen molar-refractivity contribution in [2.45, 2.75) is 24.9 Å². The quantitative estimate of drug-likeness (QED) is 0.423. The Morgan fingerprint density at radius 3 is 2.47 bits per heavy atom. The maximum atomic E-state index is 13.6. The van der Waals surface area contributed by atoms with Crippen LogP contribution in [-0.2, 0) is 15.6 Å². The zero-order chi connectivity index (χ0) is 26.9. The van der Waals surface area contributed by atoms with Gasteiger partial charge in [-0.3, -0.25) is 9.52 Å². The molecule has 1 aromatic heterocycles. The number of aliphatic hydroxyl groups is 1. The van der Waals surface area contributed by atoms with Crippen LogP contribution in [0.25, 0.3) is 11.0 Å². The number of aromatic nitrogens is 1. The van der Waals surface area contributed by atoms with E-state index in [9.17, 15) is 22.7 Å². The van der Waals surface area contributed by atoms with E-state index < -0.39 is 21.6 Å². The molecule has 0 saturated carbocycles. The predicted octanol–water partition coefficient (Wildman–Crippen LogP) is 5.20. The summed E-state index contributed by atoms with van der Waals surface area (Å²) in [6, 6.07) is 15.8. The first-order chi connectivity index (χ1) is 18.2. The maximum Gasteiger partial charge on any atom is 0.262 e. The van der Waals surface area contributed by atoms with Crippen LogP contribution in [0, 0.1) is 5.95 Å². The van der Waals surface area contributed by atoms with Gasteiger partial charge in [0.05, 0.1) is 16.2 Å². The van der Waals surface area contributed by atoms with E-state index in [1.807, 2.05) is 6.07 Å². The first-order valence-electron chi connectivity index (χ1n) is 12.1. The lowest BCUT2D eigenvalue weighted by atomic mass is 9.84. The summed E-state index contributed by atoms with van der Waals surface area (Å²) in [5.74, 6) is -0.900. The lowest BCUT2D eigenvalue weighted by Crippen LogP contribution is -2.45. The number of carbonyl (C=O) groups excluding carboxylic acids is 1. The number of sulfonamides is 1. The number of pyridine rings is 1. The monoisotopic (exact) mass is 553 g/mol. The Morgan fingerprint density at radius 1 is 1.05 bits per heavy atom. The van der Waals surface area contributed by atoms with E-state index in [1.165, 1.54) is 18.2 Å². The van der Waals surface area contributed by atoms with Gasteiger partial charge in [-0.2, -0.15) is 4.39 Å². The molecule has 3 aromatic rings. The molecule has 1 aliphatic heterocycles. The zero-order valence-electron chi connectivity index (χ0n) is 20.3. The molecule has 0 radical (unpaired) electrons. The topological polar surface area (TPSA) is 99.6 Å². The molecule has 38 heavy (non-hydrogen) atoms. The molecule has 0 spiro atoms. The fourth-order valence-electron chi connectivity index (χ4n) is 4.77. The lowest BCUT2D eigenvalue weighted by Gasteiger charge is -2.39. The Balaban J connectivity index is 1.27. The van der Waals surface area contributed by atoms with E-state index in [0.717, 1.165) is 6.07 Å². The third-order valence-electron chi connectivity index (χ3n) is 6.80. The fourth-order valence-corrected chi connectivity index (χ4v) is 6.41. The lowest BCUT2D eigenvalue weighted by molar-refractivity contribution is -0.0210. The van der Waals surface area contributed by atoms with Crippen LogP contribution in [0.1, 0.15) is 46.4 Å². The van der Waals surface area contributed by atoms with Crippen LogP contribution >= 0.6 is 11.6 Å². The smallest absolute Gasteiger partial charge is 0.262 e. The average Bonchev–Trinajstić information content (AvgIpc) is 3.12. The van der Waals surface area contributed by atoms with Crippen LogP contribution in [0.15, 0.2) is 72.8 Å². The van der Waals surface area contributed by atoms with Crippen molar-refractivity contribution in [3.8, 4) is 0 Å². The largest absolute Gasteiger partial charge is 0.385 e. The van der Waals surface area contributed by atoms with Crippen LogP contribution in [0.4, 0.5) is 10.1 Å². The summed E-state index contributed by atoms with van der Waals surface area (Å²) < 4.78 is 42.5. The van der Waals surface area contributed by atoms with Gasteiger partial charge in [-0.05, 0) is 67.8 Å². The summed E-state index contributed by atoms with van der Waals surface area (Å²) in [6.07, 6.45) is 5.90. The summed E-state index contributed by atoms with van der Waals surface area (Å²) in [5, 5.41) is 11.6. The number of amides is 1. The number of hydrogen-bond acceptors (Lipinski definition) is 5. The van der Waals surface area contributed by atoms with E-state index in [0.29, 0.717) is 54.1 Å². The second-order valence-corrected chi connectivity index (χ2v) is 11.3. The van der Waals surface area contributed by atoms with E-state index in [1.54, 1.807) is 53.5 Å². The minimum Gasteiger partial charge on any atom is -0.385 e. The van der Waals surface area contributed by atoms with Crippen molar-refractivity contribution in [1.82, 2.24) is 9.88 Å². The number of piperidine rings is 1. The minimum absolute atomic E-state index is 0.00414. The number of benzene rings is 2. The van der Waals surface area contributed by atoms with Crippen molar-refractivity contribution in [2.24, 2.45) is 0 Å². The van der Waals surface area contributed by atoms with Crippen molar-refractivity contribution >= 4 is 44.2 Å². The second kappa shape index (κ2) is 10.3. The number of hydrogen-bond donors (Lipinski definition) is 2. The van der Waals surface area contributed by atoms with Gasteiger partial charge in [0.15, 0.2) is 0 Å². The van der Waals surface area contributed by atoms with E-state index in [-0.39, 0.29) is 22.2 Å². The highest BCUT2D eigenvalue weighted by molar-refractivity contribution is 8.01. The Bertz CT molecular complexity index is 1550. The van der Waals surface area contributed by atoms with Crippen LogP contribution < -0.4 is 4.72 Å². The Hall–Kier alpha value is -3.53. The normalized spacial score (nSPS) is 16.8. The van der Waals surface area contributed by atoms with Crippen LogP contribution in [-0.4, -0.2) is 42.4 Å².